The van der Waals surface area contributed by atoms with Crippen LogP contribution in [0.2, 0.25) is 0 Å². The Balaban J connectivity index is 1.86. The van der Waals surface area contributed by atoms with Crippen molar-refractivity contribution in [3.63, 3.8) is 0 Å². The highest BCUT2D eigenvalue weighted by Crippen LogP contribution is 2.13. The van der Waals surface area contributed by atoms with Crippen LogP contribution in [-0.2, 0) is 11.3 Å². The molecule has 2 aromatic rings. The van der Waals surface area contributed by atoms with Crippen molar-refractivity contribution in [3.8, 4) is 0 Å². The second-order valence-electron chi connectivity index (χ2n) is 4.05. The number of halogens is 2. The van der Waals surface area contributed by atoms with E-state index in [2.05, 4.69) is 31.9 Å². The van der Waals surface area contributed by atoms with Crippen LogP contribution >= 0.6 is 31.9 Å². The second kappa shape index (κ2) is 6.98. The first-order valence-corrected chi connectivity index (χ1v) is 7.35. The molecule has 0 atom stereocenters. The van der Waals surface area contributed by atoms with Crippen LogP contribution in [0, 0.1) is 0 Å². The Bertz CT molecular complexity index is 565. The van der Waals surface area contributed by atoms with Crippen LogP contribution in [0.5, 0.6) is 0 Å². The van der Waals surface area contributed by atoms with Gasteiger partial charge in [0, 0.05) is 14.5 Å². The number of carbonyl (C=O) groups excluding carboxylic acids is 1. The normalized spacial score (nSPS) is 10.4. The minimum Gasteiger partial charge on any atom is -0.369 e. The van der Waals surface area contributed by atoms with Gasteiger partial charge in [0.1, 0.15) is 6.61 Å². The molecule has 0 aliphatic carbocycles. The first-order valence-electron chi connectivity index (χ1n) is 5.76. The summed E-state index contributed by atoms with van der Waals surface area (Å²) in [6.07, 6.45) is 0. The van der Waals surface area contributed by atoms with Gasteiger partial charge >= 0.3 is 0 Å². The second-order valence-corrected chi connectivity index (χ2v) is 5.88. The number of ether oxygens (including phenoxy) is 1. The highest BCUT2D eigenvalue weighted by molar-refractivity contribution is 9.10. The summed E-state index contributed by atoms with van der Waals surface area (Å²) in [6, 6.07) is 15.2. The molecule has 0 spiro atoms. The lowest BCUT2D eigenvalue weighted by molar-refractivity contribution is 0.0726. The molecule has 0 saturated heterocycles. The molecule has 19 heavy (non-hydrogen) atoms. The van der Waals surface area contributed by atoms with Crippen molar-refractivity contribution in [1.29, 1.82) is 0 Å². The number of benzene rings is 2. The van der Waals surface area contributed by atoms with Gasteiger partial charge in [0.05, 0.1) is 6.61 Å². The number of ketones is 1. The van der Waals surface area contributed by atoms with Gasteiger partial charge in [0.2, 0.25) is 0 Å². The summed E-state index contributed by atoms with van der Waals surface area (Å²) in [5, 5.41) is 0. The van der Waals surface area contributed by atoms with Gasteiger partial charge in [0.25, 0.3) is 0 Å². The third-order valence-electron chi connectivity index (χ3n) is 2.56. The van der Waals surface area contributed by atoms with Crippen LogP contribution in [0.1, 0.15) is 15.9 Å². The van der Waals surface area contributed by atoms with E-state index in [1.807, 2.05) is 36.4 Å². The molecule has 0 fully saturated rings. The van der Waals surface area contributed by atoms with E-state index in [1.165, 1.54) is 0 Å². The first kappa shape index (κ1) is 14.4. The van der Waals surface area contributed by atoms with Gasteiger partial charge in [-0.2, -0.15) is 0 Å². The fourth-order valence-electron chi connectivity index (χ4n) is 1.59. The van der Waals surface area contributed by atoms with Crippen LogP contribution in [-0.4, -0.2) is 12.4 Å². The quantitative estimate of drug-likeness (QED) is 0.704. The number of carbonyl (C=O) groups is 1. The minimum absolute atomic E-state index is 0.0154. The molecular weight excluding hydrogens is 372 g/mol. The van der Waals surface area contributed by atoms with Crippen LogP contribution in [0.25, 0.3) is 0 Å². The van der Waals surface area contributed by atoms with Gasteiger partial charge in [-0.3, -0.25) is 4.79 Å². The number of rotatable bonds is 5. The van der Waals surface area contributed by atoms with E-state index in [4.69, 9.17) is 4.74 Å². The highest BCUT2D eigenvalue weighted by Gasteiger charge is 2.06. The molecule has 0 radical (unpaired) electrons. The summed E-state index contributed by atoms with van der Waals surface area (Å²) in [4.78, 5) is 11.9. The summed E-state index contributed by atoms with van der Waals surface area (Å²) in [6.45, 7) is 0.527. The molecule has 4 heteroatoms. The van der Waals surface area contributed by atoms with Gasteiger partial charge in [-0.1, -0.05) is 56.1 Å². The van der Waals surface area contributed by atoms with Gasteiger partial charge in [-0.25, -0.2) is 0 Å². The Kier molecular flexibility index (Phi) is 5.31. The lowest BCUT2D eigenvalue weighted by Gasteiger charge is -2.04. The SMILES string of the molecule is O=C(COCc1ccc(Br)cc1)c1cccc(Br)c1. The molecule has 0 heterocycles. The minimum atomic E-state index is -0.0154. The Morgan fingerprint density at radius 1 is 1.00 bits per heavy atom. The van der Waals surface area contributed by atoms with Crippen LogP contribution in [0.3, 0.4) is 0 Å². The summed E-state index contributed by atoms with van der Waals surface area (Å²) >= 11 is 6.72. The first-order chi connectivity index (χ1) is 9.15. The molecule has 2 nitrogen and oxygen atoms in total. The number of hydrogen-bond acceptors (Lipinski definition) is 2. The molecule has 2 aromatic carbocycles. The maximum atomic E-state index is 11.9. The molecule has 0 aliphatic heterocycles. The van der Waals surface area contributed by atoms with E-state index >= 15 is 0 Å². The monoisotopic (exact) mass is 382 g/mol. The molecule has 0 unspecified atom stereocenters. The standard InChI is InChI=1S/C15H12Br2O2/c16-13-6-4-11(5-7-13)9-19-10-15(18)12-2-1-3-14(17)8-12/h1-8H,9-10H2. The molecule has 0 aliphatic rings. The average molecular weight is 384 g/mol. The van der Waals surface area contributed by atoms with Crippen molar-refractivity contribution in [3.05, 3.63) is 68.6 Å². The Hall–Kier alpha value is -0.970. The zero-order chi connectivity index (χ0) is 13.7. The van der Waals surface area contributed by atoms with E-state index < -0.39 is 0 Å². The zero-order valence-electron chi connectivity index (χ0n) is 10.1. The Morgan fingerprint density at radius 3 is 2.42 bits per heavy atom. The maximum absolute atomic E-state index is 11.9. The van der Waals surface area contributed by atoms with Gasteiger partial charge < -0.3 is 4.74 Å². The smallest absolute Gasteiger partial charge is 0.188 e. The van der Waals surface area contributed by atoms with Gasteiger partial charge in [-0.15, -0.1) is 0 Å². The largest absolute Gasteiger partial charge is 0.369 e. The van der Waals surface area contributed by atoms with E-state index in [9.17, 15) is 4.79 Å². The average Bonchev–Trinajstić information content (AvgIpc) is 2.41. The Labute approximate surface area is 129 Å². The summed E-state index contributed by atoms with van der Waals surface area (Å²) in [5.41, 5.74) is 1.70. The van der Waals surface area contributed by atoms with Crippen molar-refractivity contribution < 1.29 is 9.53 Å². The predicted octanol–water partition coefficient (Wildman–Crippen LogP) is 4.61. The fourth-order valence-corrected chi connectivity index (χ4v) is 2.25. The Morgan fingerprint density at radius 2 is 1.74 bits per heavy atom. The lowest BCUT2D eigenvalue weighted by Crippen LogP contribution is -2.09. The predicted molar refractivity (Wildman–Crippen MR) is 82.3 cm³/mol. The molecule has 0 amide bonds. The highest BCUT2D eigenvalue weighted by atomic mass is 79.9. The molecule has 0 saturated carbocycles. The summed E-state index contributed by atoms with van der Waals surface area (Å²) in [5.74, 6) is -0.0154. The third kappa shape index (κ3) is 4.56. The topological polar surface area (TPSA) is 26.3 Å². The molecule has 0 bridgehead atoms. The van der Waals surface area contributed by atoms with Crippen LogP contribution < -0.4 is 0 Å². The summed E-state index contributed by atoms with van der Waals surface area (Å²) in [7, 11) is 0. The molecule has 2 rings (SSSR count). The van der Waals surface area contributed by atoms with Crippen molar-refractivity contribution >= 4 is 37.6 Å². The van der Waals surface area contributed by atoms with E-state index in [-0.39, 0.29) is 12.4 Å². The lowest BCUT2D eigenvalue weighted by atomic mass is 10.1. The summed E-state index contributed by atoms with van der Waals surface area (Å²) < 4.78 is 7.36. The van der Waals surface area contributed by atoms with E-state index in [1.54, 1.807) is 12.1 Å². The third-order valence-corrected chi connectivity index (χ3v) is 3.58. The van der Waals surface area contributed by atoms with Crippen molar-refractivity contribution in [2.45, 2.75) is 6.61 Å². The maximum Gasteiger partial charge on any atom is 0.188 e. The van der Waals surface area contributed by atoms with Gasteiger partial charge in [0.15, 0.2) is 5.78 Å². The molecule has 98 valence electrons. The van der Waals surface area contributed by atoms with Gasteiger partial charge in [-0.05, 0) is 29.8 Å². The van der Waals surface area contributed by atoms with Crippen molar-refractivity contribution in [2.24, 2.45) is 0 Å². The fraction of sp³-hybridized carbons (Fsp3) is 0.133. The molecular formula is C15H12Br2O2. The molecule has 0 aromatic heterocycles. The van der Waals surface area contributed by atoms with Crippen molar-refractivity contribution in [1.82, 2.24) is 0 Å². The van der Waals surface area contributed by atoms with E-state index in [0.717, 1.165) is 14.5 Å². The van der Waals surface area contributed by atoms with E-state index in [0.29, 0.717) is 12.2 Å². The number of Topliss-reactive ketones (excluding diaryl/α,β-unsaturated/α-hetero) is 1. The van der Waals surface area contributed by atoms with Crippen LogP contribution in [0.15, 0.2) is 57.5 Å². The van der Waals surface area contributed by atoms with Crippen LogP contribution in [0.4, 0.5) is 0 Å². The van der Waals surface area contributed by atoms with Crippen molar-refractivity contribution in [2.75, 3.05) is 6.61 Å². The zero-order valence-corrected chi connectivity index (χ0v) is 13.3. The molecule has 0 N–H and O–H groups in total. The number of hydrogen-bond donors (Lipinski definition) is 0.